The first-order valence-electron chi connectivity index (χ1n) is 13.3. The molecule has 2 aromatic heterocycles. The summed E-state index contributed by atoms with van der Waals surface area (Å²) in [5.74, 6) is -3.41. The molecule has 13 heteroatoms. The second-order valence-electron chi connectivity index (χ2n) is 10.2. The summed E-state index contributed by atoms with van der Waals surface area (Å²) in [7, 11) is 0. The van der Waals surface area contributed by atoms with E-state index >= 15 is 0 Å². The first-order chi connectivity index (χ1) is 20.7. The highest BCUT2D eigenvalue weighted by Crippen LogP contribution is 2.37. The summed E-state index contributed by atoms with van der Waals surface area (Å²) in [6.45, 7) is -0.0131. The van der Waals surface area contributed by atoms with Gasteiger partial charge < -0.3 is 16.0 Å². The summed E-state index contributed by atoms with van der Waals surface area (Å²) in [5.41, 5.74) is 3.49. The Balaban J connectivity index is 1.39. The number of alkyl halides is 2. The first kappa shape index (κ1) is 28.7. The van der Waals surface area contributed by atoms with Crippen molar-refractivity contribution in [2.24, 2.45) is 0 Å². The molecule has 43 heavy (non-hydrogen) atoms. The van der Waals surface area contributed by atoms with Gasteiger partial charge in [0.1, 0.15) is 17.6 Å². The van der Waals surface area contributed by atoms with Crippen LogP contribution in [0.25, 0.3) is 10.9 Å². The van der Waals surface area contributed by atoms with E-state index in [4.69, 9.17) is 23.2 Å². The van der Waals surface area contributed by atoms with Crippen LogP contribution in [0.5, 0.6) is 0 Å². The highest BCUT2D eigenvalue weighted by atomic mass is 35.5. The van der Waals surface area contributed by atoms with Crippen molar-refractivity contribution in [2.45, 2.75) is 24.4 Å². The highest BCUT2D eigenvalue weighted by Gasteiger charge is 2.37. The molecule has 218 valence electrons. The molecule has 3 N–H and O–H groups in total. The number of rotatable bonds is 7. The van der Waals surface area contributed by atoms with E-state index in [9.17, 15) is 18.4 Å². The van der Waals surface area contributed by atoms with E-state index in [-0.39, 0.29) is 23.6 Å². The number of nitrogens with zero attached hydrogens (tertiary/aromatic N) is 5. The van der Waals surface area contributed by atoms with Crippen LogP contribution in [0.4, 0.5) is 30.2 Å². The Kier molecular flexibility index (Phi) is 7.83. The summed E-state index contributed by atoms with van der Waals surface area (Å²) in [6, 6.07) is 18.2. The molecule has 0 radical (unpaired) electrons. The smallest absolute Gasteiger partial charge is 0.262 e. The molecule has 3 aromatic carbocycles. The molecule has 6 rings (SSSR count). The number of hydrogen-bond acceptors (Lipinski definition) is 7. The van der Waals surface area contributed by atoms with E-state index in [2.05, 4.69) is 37.3 Å². The van der Waals surface area contributed by atoms with Crippen LogP contribution in [0.2, 0.25) is 10.0 Å². The zero-order valence-corrected chi connectivity index (χ0v) is 23.8. The van der Waals surface area contributed by atoms with Gasteiger partial charge in [0.15, 0.2) is 0 Å². The molecule has 8 nitrogen and oxygen atoms in total. The van der Waals surface area contributed by atoms with Crippen molar-refractivity contribution in [2.75, 3.05) is 23.7 Å². The van der Waals surface area contributed by atoms with E-state index in [1.54, 1.807) is 18.3 Å². The zero-order valence-electron chi connectivity index (χ0n) is 22.3. The van der Waals surface area contributed by atoms with Gasteiger partial charge in [-0.3, -0.25) is 4.98 Å². The summed E-state index contributed by atoms with van der Waals surface area (Å²) >= 11 is 12.7. The lowest BCUT2D eigenvalue weighted by Gasteiger charge is -2.29. The average molecular weight is 623 g/mol. The molecule has 0 aliphatic carbocycles. The van der Waals surface area contributed by atoms with Gasteiger partial charge in [-0.25, -0.2) is 17.9 Å². The van der Waals surface area contributed by atoms with E-state index in [0.717, 1.165) is 5.56 Å². The number of pyridine rings is 1. The SMILES string of the molecule is N#Cc1cnc2c(Cl)cc(NC(c3ccccc3)c3cn(C4CNCC(F)(F)C4)nn3)cc2c1Nc1ccc(F)c(Cl)c1. The fraction of sp³-hybridized carbons (Fsp3) is 0.200. The first-order valence-corrected chi connectivity index (χ1v) is 14.0. The molecule has 2 unspecified atom stereocenters. The molecule has 0 saturated carbocycles. The highest BCUT2D eigenvalue weighted by molar-refractivity contribution is 6.36. The van der Waals surface area contributed by atoms with Gasteiger partial charge in [0.25, 0.3) is 5.92 Å². The second kappa shape index (κ2) is 11.7. The molecule has 1 aliphatic heterocycles. The molecule has 3 heterocycles. The molecule has 0 spiro atoms. The third-order valence-corrected chi connectivity index (χ3v) is 7.75. The van der Waals surface area contributed by atoms with E-state index < -0.39 is 23.8 Å². The minimum atomic E-state index is -2.84. The number of nitriles is 1. The van der Waals surface area contributed by atoms with Gasteiger partial charge in [-0.2, -0.15) is 5.26 Å². The van der Waals surface area contributed by atoms with E-state index in [1.807, 2.05) is 30.3 Å². The Morgan fingerprint density at radius 3 is 2.60 bits per heavy atom. The van der Waals surface area contributed by atoms with E-state index in [0.29, 0.717) is 45.2 Å². The second-order valence-corrected chi connectivity index (χ2v) is 11.0. The van der Waals surface area contributed by atoms with Crippen LogP contribution >= 0.6 is 23.2 Å². The van der Waals surface area contributed by atoms with Crippen molar-refractivity contribution in [3.8, 4) is 6.07 Å². The normalized spacial score (nSPS) is 16.9. The van der Waals surface area contributed by atoms with Gasteiger partial charge in [-0.15, -0.1) is 5.10 Å². The number of halogens is 5. The van der Waals surface area contributed by atoms with Crippen molar-refractivity contribution in [1.29, 1.82) is 5.26 Å². The van der Waals surface area contributed by atoms with Crippen LogP contribution in [0, 0.1) is 17.1 Å². The molecule has 1 aliphatic rings. The maximum Gasteiger partial charge on any atom is 0.262 e. The standard InChI is InChI=1S/C30H23Cl2F3N8/c31-23-9-19(6-7-25(23)33)39-27-18(12-36)13-38-29-22(27)8-20(10-24(29)32)40-28(17-4-2-1-3-5-17)26-15-43(42-41-26)21-11-30(34,35)16-37-14-21/h1-10,13,15,21,28,37,40H,11,14,16H2,(H,38,39). The number of hydrogen-bond donors (Lipinski definition) is 3. The molecular weight excluding hydrogens is 600 g/mol. The van der Waals surface area contributed by atoms with Crippen LogP contribution < -0.4 is 16.0 Å². The number of nitrogens with one attached hydrogen (secondary N) is 3. The van der Waals surface area contributed by atoms with Crippen molar-refractivity contribution >= 4 is 51.2 Å². The molecule has 0 bridgehead atoms. The largest absolute Gasteiger partial charge is 0.373 e. The van der Waals surface area contributed by atoms with Gasteiger partial charge in [0, 0.05) is 35.9 Å². The van der Waals surface area contributed by atoms with E-state index in [1.165, 1.54) is 29.1 Å². The Morgan fingerprint density at radius 1 is 1.07 bits per heavy atom. The Hall–Kier alpha value is -4.37. The van der Waals surface area contributed by atoms with Crippen LogP contribution in [-0.4, -0.2) is 39.0 Å². The lowest BCUT2D eigenvalue weighted by molar-refractivity contribution is -0.0383. The molecular formula is C30H23Cl2F3N8. The van der Waals surface area contributed by atoms with Gasteiger partial charge in [0.2, 0.25) is 0 Å². The zero-order chi connectivity index (χ0) is 30.1. The summed E-state index contributed by atoms with van der Waals surface area (Å²) < 4.78 is 43.4. The van der Waals surface area contributed by atoms with Crippen LogP contribution in [-0.2, 0) is 0 Å². The lowest BCUT2D eigenvalue weighted by Crippen LogP contribution is -2.44. The Bertz CT molecular complexity index is 1840. The van der Waals surface area contributed by atoms with Gasteiger partial charge in [-0.05, 0) is 35.9 Å². The molecule has 1 fully saturated rings. The lowest BCUT2D eigenvalue weighted by atomic mass is 10.0. The summed E-state index contributed by atoms with van der Waals surface area (Å²) in [4.78, 5) is 4.39. The predicted octanol–water partition coefficient (Wildman–Crippen LogP) is 7.26. The van der Waals surface area contributed by atoms with Gasteiger partial charge >= 0.3 is 0 Å². The minimum Gasteiger partial charge on any atom is -0.373 e. The van der Waals surface area contributed by atoms with Crippen molar-refractivity contribution < 1.29 is 13.2 Å². The summed E-state index contributed by atoms with van der Waals surface area (Å²) in [5, 5.41) is 28.5. The topological polar surface area (TPSA) is 103 Å². The molecule has 1 saturated heterocycles. The van der Waals surface area contributed by atoms with Crippen molar-refractivity contribution in [3.63, 3.8) is 0 Å². The van der Waals surface area contributed by atoms with Crippen molar-refractivity contribution in [3.05, 3.63) is 106 Å². The maximum absolute atomic E-state index is 14.1. The summed E-state index contributed by atoms with van der Waals surface area (Å²) in [6.07, 6.45) is 2.74. The predicted molar refractivity (Wildman–Crippen MR) is 160 cm³/mol. The number of anilines is 3. The Labute approximate surface area is 254 Å². The number of aromatic nitrogens is 4. The maximum atomic E-state index is 14.1. The average Bonchev–Trinajstić information content (AvgIpc) is 3.48. The number of piperidine rings is 1. The Morgan fingerprint density at radius 2 is 1.86 bits per heavy atom. The third kappa shape index (κ3) is 6.08. The fourth-order valence-corrected chi connectivity index (χ4v) is 5.57. The minimum absolute atomic E-state index is 0.0752. The number of benzene rings is 3. The quantitative estimate of drug-likeness (QED) is 0.175. The molecule has 5 aromatic rings. The van der Waals surface area contributed by atoms with Crippen LogP contribution in [0.3, 0.4) is 0 Å². The van der Waals surface area contributed by atoms with Gasteiger partial charge in [-0.1, -0.05) is 58.7 Å². The van der Waals surface area contributed by atoms with Crippen LogP contribution in [0.15, 0.2) is 73.1 Å². The van der Waals surface area contributed by atoms with Gasteiger partial charge in [0.05, 0.1) is 51.6 Å². The van der Waals surface area contributed by atoms with Crippen LogP contribution in [0.1, 0.15) is 35.3 Å². The third-order valence-electron chi connectivity index (χ3n) is 7.17. The molecule has 0 amide bonds. The fourth-order valence-electron chi connectivity index (χ4n) is 5.12. The van der Waals surface area contributed by atoms with Crippen molar-refractivity contribution in [1.82, 2.24) is 25.3 Å². The number of fused-ring (bicyclic) bond motifs is 1. The molecule has 2 atom stereocenters. The monoisotopic (exact) mass is 622 g/mol.